The molecule has 0 spiro atoms. The van der Waals surface area contributed by atoms with Gasteiger partial charge in [0, 0.05) is 27.3 Å². The van der Waals surface area contributed by atoms with E-state index >= 15 is 0 Å². The second-order valence-electron chi connectivity index (χ2n) is 4.25. The van der Waals surface area contributed by atoms with Crippen molar-refractivity contribution in [2.45, 2.75) is 4.90 Å². The first-order valence-electron chi connectivity index (χ1n) is 6.25. The molecule has 2 N–H and O–H groups in total. The largest absolute Gasteiger partial charge is 0.398 e. The molecule has 1 aromatic carbocycles. The number of sulfonamides is 1. The Hall–Kier alpha value is -1.66. The monoisotopic (exact) mass is 313 g/mol. The Morgan fingerprint density at radius 1 is 1.24 bits per heavy atom. The maximum absolute atomic E-state index is 12.6. The Kier molecular flexibility index (Phi) is 6.58. The second-order valence-corrected chi connectivity index (χ2v) is 6.16. The van der Waals surface area contributed by atoms with Crippen molar-refractivity contribution in [1.82, 2.24) is 4.31 Å². The third-order valence-electron chi connectivity index (χ3n) is 2.85. The van der Waals surface area contributed by atoms with Crippen LogP contribution in [-0.2, 0) is 19.5 Å². The molecule has 8 heteroatoms. The number of hydrogen-bond donors (Lipinski definition) is 1. The topological polar surface area (TPSA) is 106 Å². The fourth-order valence-electron chi connectivity index (χ4n) is 1.73. The molecule has 0 saturated heterocycles. The molecule has 0 heterocycles. The molecule has 21 heavy (non-hydrogen) atoms. The molecule has 0 radical (unpaired) electrons. The van der Waals surface area contributed by atoms with Gasteiger partial charge in [-0.15, -0.1) is 0 Å². The molecule has 7 nitrogen and oxygen atoms in total. The molecule has 0 aromatic heterocycles. The van der Waals surface area contributed by atoms with Crippen molar-refractivity contribution in [3.05, 3.63) is 23.8 Å². The van der Waals surface area contributed by atoms with E-state index in [1.165, 1.54) is 36.7 Å². The van der Waals surface area contributed by atoms with Crippen LogP contribution in [0.5, 0.6) is 0 Å². The zero-order valence-electron chi connectivity index (χ0n) is 12.1. The quantitative estimate of drug-likeness (QED) is 0.697. The van der Waals surface area contributed by atoms with Crippen LogP contribution < -0.4 is 5.73 Å². The van der Waals surface area contributed by atoms with E-state index in [2.05, 4.69) is 0 Å². The van der Waals surface area contributed by atoms with Crippen molar-refractivity contribution in [3.8, 4) is 6.07 Å². The third kappa shape index (κ3) is 4.41. The van der Waals surface area contributed by atoms with Gasteiger partial charge in [-0.3, -0.25) is 0 Å². The van der Waals surface area contributed by atoms with Crippen LogP contribution in [-0.4, -0.2) is 53.2 Å². The molecule has 0 unspecified atom stereocenters. The summed E-state index contributed by atoms with van der Waals surface area (Å²) in [5.41, 5.74) is 6.12. The number of nitrogen functional groups attached to an aromatic ring is 1. The van der Waals surface area contributed by atoms with Gasteiger partial charge in [0.1, 0.15) is 4.90 Å². The first-order valence-corrected chi connectivity index (χ1v) is 7.69. The summed E-state index contributed by atoms with van der Waals surface area (Å²) >= 11 is 0. The van der Waals surface area contributed by atoms with Gasteiger partial charge in [0.25, 0.3) is 0 Å². The fourth-order valence-corrected chi connectivity index (χ4v) is 3.24. The third-order valence-corrected chi connectivity index (χ3v) is 4.82. The van der Waals surface area contributed by atoms with Crippen LogP contribution in [0.4, 0.5) is 5.69 Å². The van der Waals surface area contributed by atoms with Gasteiger partial charge in [0.2, 0.25) is 10.0 Å². The minimum Gasteiger partial charge on any atom is -0.398 e. The zero-order chi connectivity index (χ0) is 15.9. The van der Waals surface area contributed by atoms with Crippen molar-refractivity contribution < 1.29 is 17.9 Å². The Labute approximate surface area is 124 Å². The minimum atomic E-state index is -3.76. The number of nitriles is 1. The Morgan fingerprint density at radius 2 is 1.81 bits per heavy atom. The number of anilines is 1. The van der Waals surface area contributed by atoms with Crippen molar-refractivity contribution >= 4 is 15.7 Å². The van der Waals surface area contributed by atoms with E-state index in [9.17, 15) is 8.42 Å². The average molecular weight is 313 g/mol. The molecule has 116 valence electrons. The van der Waals surface area contributed by atoms with Crippen LogP contribution >= 0.6 is 0 Å². The van der Waals surface area contributed by atoms with Gasteiger partial charge >= 0.3 is 0 Å². The van der Waals surface area contributed by atoms with Gasteiger partial charge < -0.3 is 15.2 Å². The molecule has 0 aliphatic rings. The molecule has 1 rings (SSSR count). The van der Waals surface area contributed by atoms with E-state index in [-0.39, 0.29) is 36.9 Å². The van der Waals surface area contributed by atoms with Crippen molar-refractivity contribution in [2.75, 3.05) is 46.3 Å². The second kappa shape index (κ2) is 7.95. The minimum absolute atomic E-state index is 0.0197. The van der Waals surface area contributed by atoms with Crippen LogP contribution in [0, 0.1) is 11.3 Å². The number of methoxy groups -OCH3 is 2. The van der Waals surface area contributed by atoms with E-state index < -0.39 is 10.0 Å². The number of nitrogens with zero attached hydrogens (tertiary/aromatic N) is 2. The number of benzene rings is 1. The van der Waals surface area contributed by atoms with Crippen LogP contribution in [0.1, 0.15) is 5.56 Å². The molecule has 1 aromatic rings. The molecule has 0 bridgehead atoms. The zero-order valence-corrected chi connectivity index (χ0v) is 12.9. The summed E-state index contributed by atoms with van der Waals surface area (Å²) in [5, 5.41) is 8.80. The molecule has 0 fully saturated rings. The van der Waals surface area contributed by atoms with Crippen molar-refractivity contribution in [3.63, 3.8) is 0 Å². The first kappa shape index (κ1) is 17.4. The standard InChI is InChI=1S/C13H19N3O4S/c1-19-7-5-16(6-8-20-2)21(17,18)13-4-3-11(10-14)9-12(13)15/h3-4,9H,5-8,15H2,1-2H3. The lowest BCUT2D eigenvalue weighted by atomic mass is 10.2. The summed E-state index contributed by atoms with van der Waals surface area (Å²) in [7, 11) is -0.768. The summed E-state index contributed by atoms with van der Waals surface area (Å²) in [4.78, 5) is -0.0197. The number of hydrogen-bond acceptors (Lipinski definition) is 6. The molecule has 0 aliphatic heterocycles. The highest BCUT2D eigenvalue weighted by Gasteiger charge is 2.26. The molecule has 0 amide bonds. The summed E-state index contributed by atoms with van der Waals surface area (Å²) in [6.45, 7) is 0.918. The first-order chi connectivity index (χ1) is 9.97. The van der Waals surface area contributed by atoms with E-state index in [1.54, 1.807) is 0 Å². The Bertz CT molecular complexity index is 602. The maximum Gasteiger partial charge on any atom is 0.245 e. The van der Waals surface area contributed by atoms with Crippen LogP contribution in [0.25, 0.3) is 0 Å². The van der Waals surface area contributed by atoms with Crippen molar-refractivity contribution in [1.29, 1.82) is 5.26 Å². The number of rotatable bonds is 8. The van der Waals surface area contributed by atoms with Crippen LogP contribution in [0.3, 0.4) is 0 Å². The molecule has 0 aliphatic carbocycles. The molecular weight excluding hydrogens is 294 g/mol. The van der Waals surface area contributed by atoms with Crippen molar-refractivity contribution in [2.24, 2.45) is 0 Å². The fraction of sp³-hybridized carbons (Fsp3) is 0.462. The number of ether oxygens (including phenoxy) is 2. The summed E-state index contributed by atoms with van der Waals surface area (Å²) in [6, 6.07) is 6.03. The lowest BCUT2D eigenvalue weighted by Crippen LogP contribution is -2.36. The van der Waals surface area contributed by atoms with Gasteiger partial charge in [-0.25, -0.2) is 8.42 Å². The maximum atomic E-state index is 12.6. The van der Waals surface area contributed by atoms with Crippen LogP contribution in [0.15, 0.2) is 23.1 Å². The lowest BCUT2D eigenvalue weighted by molar-refractivity contribution is 0.150. The number of nitrogens with two attached hydrogens (primary N) is 1. The van der Waals surface area contributed by atoms with Gasteiger partial charge in [-0.05, 0) is 18.2 Å². The Balaban J connectivity index is 3.12. The SMILES string of the molecule is COCCN(CCOC)S(=O)(=O)c1ccc(C#N)cc1N. The van der Waals surface area contributed by atoms with Gasteiger partial charge in [-0.2, -0.15) is 9.57 Å². The van der Waals surface area contributed by atoms with Gasteiger partial charge in [-0.1, -0.05) is 0 Å². The highest BCUT2D eigenvalue weighted by molar-refractivity contribution is 7.89. The van der Waals surface area contributed by atoms with Gasteiger partial charge in [0.05, 0.1) is 30.5 Å². The summed E-state index contributed by atoms with van der Waals surface area (Å²) < 4.78 is 36.3. The van der Waals surface area contributed by atoms with E-state index in [0.717, 1.165) is 0 Å². The normalized spacial score (nSPS) is 11.5. The summed E-state index contributed by atoms with van der Waals surface area (Å²) in [6.07, 6.45) is 0. The summed E-state index contributed by atoms with van der Waals surface area (Å²) in [5.74, 6) is 0. The van der Waals surface area contributed by atoms with Gasteiger partial charge in [0.15, 0.2) is 0 Å². The average Bonchev–Trinajstić information content (AvgIpc) is 2.46. The highest BCUT2D eigenvalue weighted by Crippen LogP contribution is 2.23. The van der Waals surface area contributed by atoms with Crippen LogP contribution in [0.2, 0.25) is 0 Å². The molecule has 0 saturated carbocycles. The van der Waals surface area contributed by atoms with E-state index in [4.69, 9.17) is 20.5 Å². The predicted molar refractivity (Wildman–Crippen MR) is 78.1 cm³/mol. The van der Waals surface area contributed by atoms with E-state index in [0.29, 0.717) is 5.56 Å². The lowest BCUT2D eigenvalue weighted by Gasteiger charge is -2.22. The predicted octanol–water partition coefficient (Wildman–Crippen LogP) is 0.424. The highest BCUT2D eigenvalue weighted by atomic mass is 32.2. The molecule has 0 atom stereocenters. The molecular formula is C13H19N3O4S. The van der Waals surface area contributed by atoms with E-state index in [1.807, 2.05) is 6.07 Å². The smallest absolute Gasteiger partial charge is 0.245 e. The Morgan fingerprint density at radius 3 is 2.24 bits per heavy atom.